The van der Waals surface area contributed by atoms with Crippen molar-refractivity contribution in [1.82, 2.24) is 9.78 Å². The van der Waals surface area contributed by atoms with Crippen molar-refractivity contribution < 1.29 is 9.66 Å². The third-order valence-corrected chi connectivity index (χ3v) is 2.72. The molecule has 0 aliphatic rings. The summed E-state index contributed by atoms with van der Waals surface area (Å²) < 4.78 is 6.96. The maximum atomic E-state index is 11.1. The van der Waals surface area contributed by atoms with Gasteiger partial charge in [0.2, 0.25) is 0 Å². The van der Waals surface area contributed by atoms with Gasteiger partial charge in [-0.15, -0.1) is 0 Å². The molecule has 1 aromatic carbocycles. The fraction of sp³-hybridized carbons (Fsp3) is 0.308. The number of anilines is 1. The van der Waals surface area contributed by atoms with E-state index in [0.29, 0.717) is 24.6 Å². The predicted octanol–water partition coefficient (Wildman–Crippen LogP) is 2.34. The Balaban J connectivity index is 2.15. The standard InChI is InChI=1S/C13H16N4O3/c1-3-20-11-4-5-12(13(6-11)17(18)19)14-7-10-8-15-16(2)9-10/h4-6,8-9,14H,3,7H2,1-2H3. The molecule has 0 unspecified atom stereocenters. The van der Waals surface area contributed by atoms with Gasteiger partial charge in [-0.3, -0.25) is 14.8 Å². The summed E-state index contributed by atoms with van der Waals surface area (Å²) in [6.45, 7) is 2.78. The zero-order valence-corrected chi connectivity index (χ0v) is 11.4. The van der Waals surface area contributed by atoms with Gasteiger partial charge in [0, 0.05) is 25.4 Å². The van der Waals surface area contributed by atoms with Crippen LogP contribution < -0.4 is 10.1 Å². The molecule has 0 saturated carbocycles. The average Bonchev–Trinajstić information content (AvgIpc) is 2.83. The Kier molecular flexibility index (Phi) is 4.19. The zero-order chi connectivity index (χ0) is 14.5. The lowest BCUT2D eigenvalue weighted by Gasteiger charge is -2.08. The molecule has 1 aromatic heterocycles. The number of ether oxygens (including phenoxy) is 1. The molecule has 1 N–H and O–H groups in total. The molecule has 7 nitrogen and oxygen atoms in total. The molecule has 0 fully saturated rings. The number of rotatable bonds is 6. The molecular weight excluding hydrogens is 260 g/mol. The van der Waals surface area contributed by atoms with E-state index in [2.05, 4.69) is 10.4 Å². The van der Waals surface area contributed by atoms with Crippen LogP contribution in [0.2, 0.25) is 0 Å². The van der Waals surface area contributed by atoms with Gasteiger partial charge in [-0.2, -0.15) is 5.10 Å². The summed E-state index contributed by atoms with van der Waals surface area (Å²) in [6, 6.07) is 4.79. The Labute approximate surface area is 116 Å². The smallest absolute Gasteiger partial charge is 0.296 e. The molecule has 7 heteroatoms. The van der Waals surface area contributed by atoms with Gasteiger partial charge in [0.05, 0.1) is 23.8 Å². The Morgan fingerprint density at radius 1 is 1.50 bits per heavy atom. The van der Waals surface area contributed by atoms with E-state index in [1.54, 1.807) is 23.0 Å². The minimum Gasteiger partial charge on any atom is -0.494 e. The Morgan fingerprint density at radius 3 is 2.90 bits per heavy atom. The first-order valence-electron chi connectivity index (χ1n) is 6.22. The second-order valence-corrected chi connectivity index (χ2v) is 4.24. The summed E-state index contributed by atoms with van der Waals surface area (Å²) in [7, 11) is 1.82. The van der Waals surface area contributed by atoms with Gasteiger partial charge < -0.3 is 10.1 Å². The molecule has 0 aliphatic heterocycles. The van der Waals surface area contributed by atoms with E-state index in [-0.39, 0.29) is 5.69 Å². The quantitative estimate of drug-likeness (QED) is 0.646. The molecule has 2 aromatic rings. The molecule has 1 heterocycles. The Hall–Kier alpha value is -2.57. The van der Waals surface area contributed by atoms with Crippen molar-refractivity contribution in [3.05, 3.63) is 46.3 Å². The van der Waals surface area contributed by atoms with Gasteiger partial charge in [-0.05, 0) is 19.1 Å². The zero-order valence-electron chi connectivity index (χ0n) is 11.4. The lowest BCUT2D eigenvalue weighted by molar-refractivity contribution is -0.384. The highest BCUT2D eigenvalue weighted by molar-refractivity contribution is 5.63. The van der Waals surface area contributed by atoms with Crippen molar-refractivity contribution in [2.45, 2.75) is 13.5 Å². The highest BCUT2D eigenvalue weighted by Crippen LogP contribution is 2.29. The molecule has 0 bridgehead atoms. The number of aromatic nitrogens is 2. The number of nitrogens with zero attached hydrogens (tertiary/aromatic N) is 3. The second-order valence-electron chi connectivity index (χ2n) is 4.24. The van der Waals surface area contributed by atoms with E-state index < -0.39 is 4.92 Å². The first-order valence-corrected chi connectivity index (χ1v) is 6.22. The van der Waals surface area contributed by atoms with E-state index in [9.17, 15) is 10.1 Å². The predicted molar refractivity (Wildman–Crippen MR) is 74.8 cm³/mol. The third-order valence-electron chi connectivity index (χ3n) is 2.72. The first-order chi connectivity index (χ1) is 9.60. The van der Waals surface area contributed by atoms with Crippen LogP contribution in [0.1, 0.15) is 12.5 Å². The van der Waals surface area contributed by atoms with Gasteiger partial charge in [-0.25, -0.2) is 0 Å². The van der Waals surface area contributed by atoms with Crippen molar-refractivity contribution in [2.75, 3.05) is 11.9 Å². The van der Waals surface area contributed by atoms with Gasteiger partial charge in [0.15, 0.2) is 0 Å². The summed E-state index contributed by atoms with van der Waals surface area (Å²) in [4.78, 5) is 10.7. The minimum atomic E-state index is -0.423. The van der Waals surface area contributed by atoms with Gasteiger partial charge in [0.1, 0.15) is 11.4 Å². The molecule has 20 heavy (non-hydrogen) atoms. The Morgan fingerprint density at radius 2 is 2.30 bits per heavy atom. The van der Waals surface area contributed by atoms with E-state index in [1.165, 1.54) is 6.07 Å². The number of nitro groups is 1. The first kappa shape index (κ1) is 13.9. The van der Waals surface area contributed by atoms with Crippen LogP contribution in [-0.4, -0.2) is 21.3 Å². The summed E-state index contributed by atoms with van der Waals surface area (Å²) >= 11 is 0. The highest BCUT2D eigenvalue weighted by Gasteiger charge is 2.15. The summed E-state index contributed by atoms with van der Waals surface area (Å²) in [5.74, 6) is 0.492. The van der Waals surface area contributed by atoms with Crippen molar-refractivity contribution in [3.63, 3.8) is 0 Å². The monoisotopic (exact) mass is 276 g/mol. The maximum absolute atomic E-state index is 11.1. The van der Waals surface area contributed by atoms with Crippen LogP contribution in [0.3, 0.4) is 0 Å². The third kappa shape index (κ3) is 3.25. The lowest BCUT2D eigenvalue weighted by Crippen LogP contribution is -2.03. The molecule has 0 amide bonds. The van der Waals surface area contributed by atoms with Gasteiger partial charge in [-0.1, -0.05) is 0 Å². The molecular formula is C13H16N4O3. The van der Waals surface area contributed by atoms with Crippen LogP contribution in [0.25, 0.3) is 0 Å². The fourth-order valence-electron chi connectivity index (χ4n) is 1.83. The molecule has 0 aliphatic carbocycles. The molecule has 0 saturated heterocycles. The number of benzene rings is 1. The number of hydrogen-bond donors (Lipinski definition) is 1. The summed E-state index contributed by atoms with van der Waals surface area (Å²) in [5.41, 5.74) is 1.41. The molecule has 106 valence electrons. The number of aryl methyl sites for hydroxylation is 1. The van der Waals surface area contributed by atoms with E-state index in [0.717, 1.165) is 5.56 Å². The van der Waals surface area contributed by atoms with E-state index in [4.69, 9.17) is 4.74 Å². The van der Waals surface area contributed by atoms with Gasteiger partial charge >= 0.3 is 0 Å². The Bertz CT molecular complexity index is 609. The number of nitro benzene ring substituents is 1. The van der Waals surface area contributed by atoms with Crippen LogP contribution in [0, 0.1) is 10.1 Å². The largest absolute Gasteiger partial charge is 0.494 e. The van der Waals surface area contributed by atoms with Crippen molar-refractivity contribution in [3.8, 4) is 5.75 Å². The van der Waals surface area contributed by atoms with Crippen molar-refractivity contribution >= 4 is 11.4 Å². The van der Waals surface area contributed by atoms with E-state index >= 15 is 0 Å². The van der Waals surface area contributed by atoms with Crippen LogP contribution in [0.5, 0.6) is 5.75 Å². The van der Waals surface area contributed by atoms with Crippen LogP contribution in [0.15, 0.2) is 30.6 Å². The average molecular weight is 276 g/mol. The van der Waals surface area contributed by atoms with Crippen molar-refractivity contribution in [1.29, 1.82) is 0 Å². The van der Waals surface area contributed by atoms with Crippen LogP contribution >= 0.6 is 0 Å². The SMILES string of the molecule is CCOc1ccc(NCc2cnn(C)c2)c([N+](=O)[O-])c1. The number of hydrogen-bond acceptors (Lipinski definition) is 5. The van der Waals surface area contributed by atoms with Crippen molar-refractivity contribution in [2.24, 2.45) is 7.05 Å². The number of nitrogens with one attached hydrogen (secondary N) is 1. The molecule has 0 spiro atoms. The molecule has 2 rings (SSSR count). The molecule has 0 radical (unpaired) electrons. The van der Waals surface area contributed by atoms with E-state index in [1.807, 2.05) is 20.2 Å². The minimum absolute atomic E-state index is 0.000148. The summed E-state index contributed by atoms with van der Waals surface area (Å²) in [5, 5.41) is 18.2. The molecule has 0 atom stereocenters. The topological polar surface area (TPSA) is 82.2 Å². The summed E-state index contributed by atoms with van der Waals surface area (Å²) in [6.07, 6.45) is 3.57. The second kappa shape index (κ2) is 6.05. The highest BCUT2D eigenvalue weighted by atomic mass is 16.6. The normalized spacial score (nSPS) is 10.3. The maximum Gasteiger partial charge on any atom is 0.296 e. The lowest BCUT2D eigenvalue weighted by atomic mass is 10.2. The van der Waals surface area contributed by atoms with Crippen LogP contribution in [-0.2, 0) is 13.6 Å². The van der Waals surface area contributed by atoms with Crippen LogP contribution in [0.4, 0.5) is 11.4 Å². The van der Waals surface area contributed by atoms with Gasteiger partial charge in [0.25, 0.3) is 5.69 Å². The fourth-order valence-corrected chi connectivity index (χ4v) is 1.83.